The van der Waals surface area contributed by atoms with Crippen molar-refractivity contribution in [3.05, 3.63) is 41.4 Å². The molecule has 0 atom stereocenters. The van der Waals surface area contributed by atoms with Crippen LogP contribution in [0.4, 0.5) is 5.69 Å². The first-order chi connectivity index (χ1) is 9.19. The van der Waals surface area contributed by atoms with Gasteiger partial charge in [0, 0.05) is 6.07 Å². The molecule has 0 unspecified atom stereocenters. The van der Waals surface area contributed by atoms with E-state index in [9.17, 15) is 0 Å². The molecule has 5 heteroatoms. The second kappa shape index (κ2) is 4.48. The lowest BCUT2D eigenvalue weighted by molar-refractivity contribution is 0.415. The van der Waals surface area contributed by atoms with E-state index >= 15 is 0 Å². The predicted octanol–water partition coefficient (Wildman–Crippen LogP) is 3.74. The monoisotopic (exact) mass is 274 g/mol. The molecule has 0 fully saturated rings. The molecule has 1 aromatic heterocycles. The van der Waals surface area contributed by atoms with Gasteiger partial charge in [0.25, 0.3) is 0 Å². The molecule has 0 bridgehead atoms. The molecule has 19 heavy (non-hydrogen) atoms. The third-order valence-corrected chi connectivity index (χ3v) is 3.17. The van der Waals surface area contributed by atoms with Crippen molar-refractivity contribution >= 4 is 28.4 Å². The molecule has 0 aliphatic rings. The summed E-state index contributed by atoms with van der Waals surface area (Å²) in [5.74, 6) is 1.04. The first-order valence-electron chi connectivity index (χ1n) is 5.68. The van der Waals surface area contributed by atoms with Crippen LogP contribution in [0, 0.1) is 0 Å². The topological polar surface area (TPSA) is 61.3 Å². The zero-order valence-electron chi connectivity index (χ0n) is 10.2. The number of nitrogen functional groups attached to an aromatic ring is 1. The SMILES string of the molecule is COc1cc(N)c(Cl)cc1-c1nc2ccccc2o1. The van der Waals surface area contributed by atoms with Gasteiger partial charge < -0.3 is 14.9 Å². The van der Waals surface area contributed by atoms with Crippen LogP contribution in [0.3, 0.4) is 0 Å². The van der Waals surface area contributed by atoms with E-state index in [4.69, 9.17) is 26.5 Å². The summed E-state index contributed by atoms with van der Waals surface area (Å²) in [4.78, 5) is 4.42. The number of ether oxygens (including phenoxy) is 1. The number of nitrogens with two attached hydrogens (primary N) is 1. The normalized spacial score (nSPS) is 10.8. The second-order valence-electron chi connectivity index (χ2n) is 4.06. The maximum Gasteiger partial charge on any atom is 0.231 e. The Labute approximate surface area is 114 Å². The highest BCUT2D eigenvalue weighted by molar-refractivity contribution is 6.33. The van der Waals surface area contributed by atoms with Gasteiger partial charge in [-0.25, -0.2) is 4.98 Å². The van der Waals surface area contributed by atoms with Crippen LogP contribution in [0.25, 0.3) is 22.6 Å². The van der Waals surface area contributed by atoms with E-state index in [0.717, 1.165) is 5.52 Å². The highest BCUT2D eigenvalue weighted by atomic mass is 35.5. The van der Waals surface area contributed by atoms with Gasteiger partial charge in [0.2, 0.25) is 5.89 Å². The molecule has 2 aromatic carbocycles. The summed E-state index contributed by atoms with van der Waals surface area (Å²) < 4.78 is 11.0. The van der Waals surface area contributed by atoms with Gasteiger partial charge in [0.15, 0.2) is 5.58 Å². The molecule has 4 nitrogen and oxygen atoms in total. The summed E-state index contributed by atoms with van der Waals surface area (Å²) in [6, 6.07) is 10.9. The predicted molar refractivity (Wildman–Crippen MR) is 75.4 cm³/mol. The fraction of sp³-hybridized carbons (Fsp3) is 0.0714. The van der Waals surface area contributed by atoms with Gasteiger partial charge in [-0.2, -0.15) is 0 Å². The van der Waals surface area contributed by atoms with Crippen molar-refractivity contribution in [1.82, 2.24) is 4.98 Å². The number of rotatable bonds is 2. The number of anilines is 1. The van der Waals surface area contributed by atoms with Crippen molar-refractivity contribution in [3.63, 3.8) is 0 Å². The van der Waals surface area contributed by atoms with Crippen LogP contribution in [0.15, 0.2) is 40.8 Å². The van der Waals surface area contributed by atoms with Crippen LogP contribution in [-0.4, -0.2) is 12.1 Å². The Morgan fingerprint density at radius 3 is 2.79 bits per heavy atom. The Balaban J connectivity index is 2.22. The van der Waals surface area contributed by atoms with Gasteiger partial charge in [0.05, 0.1) is 23.4 Å². The van der Waals surface area contributed by atoms with Crippen LogP contribution in [0.2, 0.25) is 5.02 Å². The van der Waals surface area contributed by atoms with E-state index in [-0.39, 0.29) is 0 Å². The molecule has 0 aliphatic carbocycles. The molecule has 0 saturated heterocycles. The van der Waals surface area contributed by atoms with Gasteiger partial charge in [-0.05, 0) is 18.2 Å². The quantitative estimate of drug-likeness (QED) is 0.723. The summed E-state index contributed by atoms with van der Waals surface area (Å²) in [5, 5.41) is 0.443. The Morgan fingerprint density at radius 1 is 1.26 bits per heavy atom. The van der Waals surface area contributed by atoms with Crippen LogP contribution in [0.5, 0.6) is 5.75 Å². The number of nitrogens with zero attached hydrogens (tertiary/aromatic N) is 1. The van der Waals surface area contributed by atoms with Crippen molar-refractivity contribution in [3.8, 4) is 17.2 Å². The second-order valence-corrected chi connectivity index (χ2v) is 4.47. The highest BCUT2D eigenvalue weighted by Crippen LogP contribution is 2.36. The number of methoxy groups -OCH3 is 1. The van der Waals surface area contributed by atoms with Gasteiger partial charge in [-0.1, -0.05) is 23.7 Å². The third-order valence-electron chi connectivity index (χ3n) is 2.84. The molecular weight excluding hydrogens is 264 g/mol. The summed E-state index contributed by atoms with van der Waals surface area (Å²) in [6.07, 6.45) is 0. The minimum Gasteiger partial charge on any atom is -0.496 e. The van der Waals surface area contributed by atoms with E-state index in [1.807, 2.05) is 24.3 Å². The van der Waals surface area contributed by atoms with Gasteiger partial charge in [0.1, 0.15) is 11.3 Å². The maximum atomic E-state index is 6.04. The first kappa shape index (κ1) is 11.9. The van der Waals surface area contributed by atoms with Crippen LogP contribution in [-0.2, 0) is 0 Å². The molecule has 3 rings (SSSR count). The molecule has 2 N–H and O–H groups in total. The molecule has 1 heterocycles. The van der Waals surface area contributed by atoms with Crippen LogP contribution < -0.4 is 10.5 Å². The third kappa shape index (κ3) is 2.00. The van der Waals surface area contributed by atoms with Gasteiger partial charge in [-0.15, -0.1) is 0 Å². The summed E-state index contributed by atoms with van der Waals surface area (Å²) >= 11 is 6.04. The number of para-hydroxylation sites is 2. The number of halogens is 1. The fourth-order valence-corrected chi connectivity index (χ4v) is 2.06. The minimum atomic E-state index is 0.443. The maximum absolute atomic E-state index is 6.04. The number of oxazole rings is 1. The Morgan fingerprint density at radius 2 is 2.05 bits per heavy atom. The zero-order valence-corrected chi connectivity index (χ0v) is 10.9. The zero-order chi connectivity index (χ0) is 13.4. The Hall–Kier alpha value is -2.20. The average molecular weight is 275 g/mol. The smallest absolute Gasteiger partial charge is 0.231 e. The van der Waals surface area contributed by atoms with E-state index in [0.29, 0.717) is 33.5 Å². The summed E-state index contributed by atoms with van der Waals surface area (Å²) in [6.45, 7) is 0. The molecular formula is C14H11ClN2O2. The fourth-order valence-electron chi connectivity index (χ4n) is 1.89. The van der Waals surface area contributed by atoms with E-state index in [2.05, 4.69) is 4.98 Å². The van der Waals surface area contributed by atoms with Crippen LogP contribution >= 0.6 is 11.6 Å². The molecule has 0 aliphatic heterocycles. The largest absolute Gasteiger partial charge is 0.496 e. The molecule has 0 saturated carbocycles. The number of fused-ring (bicyclic) bond motifs is 1. The average Bonchev–Trinajstić information content (AvgIpc) is 2.85. The molecule has 96 valence electrons. The van der Waals surface area contributed by atoms with Crippen molar-refractivity contribution in [2.24, 2.45) is 0 Å². The van der Waals surface area contributed by atoms with E-state index in [1.165, 1.54) is 0 Å². The Kier molecular flexibility index (Phi) is 2.80. The number of aromatic nitrogens is 1. The standard InChI is InChI=1S/C14H11ClN2O2/c1-18-13-7-10(16)9(15)6-8(13)14-17-11-4-2-3-5-12(11)19-14/h2-7H,16H2,1H3. The lowest BCUT2D eigenvalue weighted by Crippen LogP contribution is -1.93. The lowest BCUT2D eigenvalue weighted by atomic mass is 10.2. The minimum absolute atomic E-state index is 0.443. The molecule has 0 radical (unpaired) electrons. The molecule has 0 spiro atoms. The van der Waals surface area contributed by atoms with Crippen LogP contribution in [0.1, 0.15) is 0 Å². The summed E-state index contributed by atoms with van der Waals surface area (Å²) in [7, 11) is 1.56. The first-order valence-corrected chi connectivity index (χ1v) is 6.06. The van der Waals surface area contributed by atoms with Crippen molar-refractivity contribution in [2.45, 2.75) is 0 Å². The van der Waals surface area contributed by atoms with E-state index < -0.39 is 0 Å². The molecule has 0 amide bonds. The van der Waals surface area contributed by atoms with Gasteiger partial charge in [-0.3, -0.25) is 0 Å². The number of hydrogen-bond donors (Lipinski definition) is 1. The van der Waals surface area contributed by atoms with E-state index in [1.54, 1.807) is 19.2 Å². The van der Waals surface area contributed by atoms with Gasteiger partial charge >= 0.3 is 0 Å². The summed E-state index contributed by atoms with van der Waals surface area (Å²) in [5.41, 5.74) is 8.39. The molecule has 3 aromatic rings. The highest BCUT2D eigenvalue weighted by Gasteiger charge is 2.15. The number of hydrogen-bond acceptors (Lipinski definition) is 4. The lowest BCUT2D eigenvalue weighted by Gasteiger charge is -2.07. The van der Waals surface area contributed by atoms with Crippen molar-refractivity contribution in [2.75, 3.05) is 12.8 Å². The Bertz CT molecular complexity index is 719. The van der Waals surface area contributed by atoms with Crippen molar-refractivity contribution in [1.29, 1.82) is 0 Å². The number of benzene rings is 2. The van der Waals surface area contributed by atoms with Crippen molar-refractivity contribution < 1.29 is 9.15 Å².